The minimum atomic E-state index is 0.388. The van der Waals surface area contributed by atoms with Gasteiger partial charge in [-0.2, -0.15) is 0 Å². The Morgan fingerprint density at radius 1 is 0.857 bits per heavy atom. The van der Waals surface area contributed by atoms with E-state index in [1.165, 1.54) is 103 Å². The van der Waals surface area contributed by atoms with Crippen LogP contribution in [0.25, 0.3) is 0 Å². The number of hydrogen-bond donors (Lipinski definition) is 1. The molecule has 0 radical (unpaired) electrons. The van der Waals surface area contributed by atoms with Crippen LogP contribution in [0.5, 0.6) is 0 Å². The maximum Gasteiger partial charge on any atom is 0.0360 e. The van der Waals surface area contributed by atoms with Gasteiger partial charge in [0.25, 0.3) is 0 Å². The van der Waals surface area contributed by atoms with E-state index in [0.717, 1.165) is 0 Å². The zero-order valence-corrected chi connectivity index (χ0v) is 14.4. The molecule has 0 aromatic rings. The molecule has 2 aliphatic rings. The third kappa shape index (κ3) is 4.69. The van der Waals surface area contributed by atoms with Crippen LogP contribution in [-0.4, -0.2) is 29.6 Å². The molecule has 1 unspecified atom stereocenters. The van der Waals surface area contributed by atoms with E-state index in [-0.39, 0.29) is 0 Å². The lowest BCUT2D eigenvalue weighted by Crippen LogP contribution is -2.57. The van der Waals surface area contributed by atoms with Gasteiger partial charge >= 0.3 is 0 Å². The molecular formula is C19H38N2. The van der Waals surface area contributed by atoms with E-state index in [0.29, 0.717) is 11.6 Å². The van der Waals surface area contributed by atoms with Crippen LogP contribution in [0.2, 0.25) is 0 Å². The number of hydrogen-bond acceptors (Lipinski definition) is 2. The molecule has 0 amide bonds. The Balaban J connectivity index is 1.68. The number of nitrogens with two attached hydrogens (primary N) is 1. The lowest BCUT2D eigenvalue weighted by molar-refractivity contribution is 0.0877. The van der Waals surface area contributed by atoms with Gasteiger partial charge < -0.3 is 5.73 Å². The van der Waals surface area contributed by atoms with E-state index in [2.05, 4.69) is 11.8 Å². The molecule has 0 spiro atoms. The fourth-order valence-corrected chi connectivity index (χ4v) is 4.66. The summed E-state index contributed by atoms with van der Waals surface area (Å²) in [6, 6.07) is 0.425. The molecule has 1 aliphatic heterocycles. The van der Waals surface area contributed by atoms with E-state index in [4.69, 9.17) is 5.73 Å². The first-order valence-electron chi connectivity index (χ1n) is 9.80. The van der Waals surface area contributed by atoms with E-state index in [1.807, 2.05) is 0 Å². The zero-order chi connectivity index (χ0) is 15.0. The molecule has 1 saturated heterocycles. The second kappa shape index (κ2) is 9.15. The normalized spacial score (nSPS) is 23.7. The highest BCUT2D eigenvalue weighted by molar-refractivity contribution is 5.03. The Kier molecular flexibility index (Phi) is 7.53. The SMILES string of the molecule is CCCCCCCCCC(N)C1(N2CCCC2)CCCC1. The van der Waals surface area contributed by atoms with Gasteiger partial charge in [-0.15, -0.1) is 0 Å². The highest BCUT2D eigenvalue weighted by atomic mass is 15.2. The summed E-state index contributed by atoms with van der Waals surface area (Å²) in [5.41, 5.74) is 7.10. The van der Waals surface area contributed by atoms with Gasteiger partial charge in [-0.3, -0.25) is 4.90 Å². The first-order chi connectivity index (χ1) is 10.3. The van der Waals surface area contributed by atoms with Gasteiger partial charge in [-0.05, 0) is 45.2 Å². The van der Waals surface area contributed by atoms with Gasteiger partial charge in [0.2, 0.25) is 0 Å². The zero-order valence-electron chi connectivity index (χ0n) is 14.4. The lowest BCUT2D eigenvalue weighted by Gasteiger charge is -2.43. The molecule has 2 N–H and O–H groups in total. The van der Waals surface area contributed by atoms with Gasteiger partial charge in [-0.1, -0.05) is 64.7 Å². The molecule has 1 saturated carbocycles. The summed E-state index contributed by atoms with van der Waals surface area (Å²) in [5, 5.41) is 0. The van der Waals surface area contributed by atoms with Crippen LogP contribution in [0.4, 0.5) is 0 Å². The number of rotatable bonds is 10. The smallest absolute Gasteiger partial charge is 0.0360 e. The largest absolute Gasteiger partial charge is 0.326 e. The van der Waals surface area contributed by atoms with Crippen LogP contribution in [0.3, 0.4) is 0 Å². The average molecular weight is 295 g/mol. The predicted octanol–water partition coefficient (Wildman–Crippen LogP) is 4.86. The van der Waals surface area contributed by atoms with Crippen LogP contribution in [0, 0.1) is 0 Å². The summed E-state index contributed by atoms with van der Waals surface area (Å²) in [5.74, 6) is 0. The van der Waals surface area contributed by atoms with Crippen molar-refractivity contribution in [1.82, 2.24) is 4.90 Å². The second-order valence-electron chi connectivity index (χ2n) is 7.52. The van der Waals surface area contributed by atoms with Crippen LogP contribution >= 0.6 is 0 Å². The predicted molar refractivity (Wildman–Crippen MR) is 92.6 cm³/mol. The van der Waals surface area contributed by atoms with Gasteiger partial charge in [0.1, 0.15) is 0 Å². The minimum Gasteiger partial charge on any atom is -0.326 e. The Morgan fingerprint density at radius 3 is 2.05 bits per heavy atom. The van der Waals surface area contributed by atoms with Crippen molar-refractivity contribution in [3.63, 3.8) is 0 Å². The molecule has 0 aromatic carbocycles. The monoisotopic (exact) mass is 294 g/mol. The Bertz CT molecular complexity index is 265. The Morgan fingerprint density at radius 2 is 1.43 bits per heavy atom. The Labute approximate surface area is 132 Å². The first kappa shape index (κ1) is 17.3. The third-order valence-corrected chi connectivity index (χ3v) is 6.01. The Hall–Kier alpha value is -0.0800. The minimum absolute atomic E-state index is 0.388. The molecule has 124 valence electrons. The fourth-order valence-electron chi connectivity index (χ4n) is 4.66. The van der Waals surface area contributed by atoms with Gasteiger partial charge in [0.05, 0.1) is 0 Å². The van der Waals surface area contributed by atoms with Crippen molar-refractivity contribution in [3.8, 4) is 0 Å². The maximum atomic E-state index is 6.71. The molecule has 1 atom stereocenters. The summed E-state index contributed by atoms with van der Waals surface area (Å²) < 4.78 is 0. The van der Waals surface area contributed by atoms with Gasteiger partial charge in [0, 0.05) is 11.6 Å². The maximum absolute atomic E-state index is 6.71. The van der Waals surface area contributed by atoms with Crippen LogP contribution in [0.1, 0.15) is 96.8 Å². The van der Waals surface area contributed by atoms with Crippen molar-refractivity contribution in [2.75, 3.05) is 13.1 Å². The molecule has 2 heteroatoms. The molecule has 0 aromatic heterocycles. The second-order valence-corrected chi connectivity index (χ2v) is 7.52. The van der Waals surface area contributed by atoms with Crippen molar-refractivity contribution in [2.45, 2.75) is 108 Å². The molecule has 2 nitrogen and oxygen atoms in total. The summed E-state index contributed by atoms with van der Waals surface area (Å²) in [6.45, 7) is 4.91. The summed E-state index contributed by atoms with van der Waals surface area (Å²) in [4.78, 5) is 2.77. The third-order valence-electron chi connectivity index (χ3n) is 6.01. The van der Waals surface area contributed by atoms with E-state index in [9.17, 15) is 0 Å². The van der Waals surface area contributed by atoms with E-state index < -0.39 is 0 Å². The van der Waals surface area contributed by atoms with Crippen LogP contribution < -0.4 is 5.73 Å². The van der Waals surface area contributed by atoms with Crippen molar-refractivity contribution in [3.05, 3.63) is 0 Å². The van der Waals surface area contributed by atoms with Gasteiger partial charge in [-0.25, -0.2) is 0 Å². The van der Waals surface area contributed by atoms with Crippen molar-refractivity contribution < 1.29 is 0 Å². The molecule has 0 bridgehead atoms. The number of nitrogens with zero attached hydrogens (tertiary/aromatic N) is 1. The topological polar surface area (TPSA) is 29.3 Å². The van der Waals surface area contributed by atoms with Crippen molar-refractivity contribution in [2.24, 2.45) is 5.73 Å². The van der Waals surface area contributed by atoms with Crippen molar-refractivity contribution >= 4 is 0 Å². The molecule has 1 aliphatic carbocycles. The first-order valence-corrected chi connectivity index (χ1v) is 9.80. The summed E-state index contributed by atoms with van der Waals surface area (Å²) in [7, 11) is 0. The van der Waals surface area contributed by atoms with Crippen LogP contribution in [-0.2, 0) is 0 Å². The molecule has 2 rings (SSSR count). The highest BCUT2D eigenvalue weighted by Gasteiger charge is 2.44. The van der Waals surface area contributed by atoms with E-state index >= 15 is 0 Å². The standard InChI is InChI=1S/C19H38N2/c1-2-3-4-5-6-7-8-13-18(20)19(14-9-10-15-19)21-16-11-12-17-21/h18H,2-17,20H2,1H3. The fraction of sp³-hybridized carbons (Fsp3) is 1.00. The summed E-state index contributed by atoms with van der Waals surface area (Å²) in [6.07, 6.45) is 19.4. The van der Waals surface area contributed by atoms with Crippen LogP contribution in [0.15, 0.2) is 0 Å². The molecule has 21 heavy (non-hydrogen) atoms. The quantitative estimate of drug-likeness (QED) is 0.583. The molecular weight excluding hydrogens is 256 g/mol. The number of likely N-dealkylation sites (tertiary alicyclic amines) is 1. The molecule has 2 fully saturated rings. The molecule has 1 heterocycles. The number of unbranched alkanes of at least 4 members (excludes halogenated alkanes) is 6. The highest BCUT2D eigenvalue weighted by Crippen LogP contribution is 2.40. The lowest BCUT2D eigenvalue weighted by atomic mass is 9.83. The summed E-state index contributed by atoms with van der Waals surface area (Å²) >= 11 is 0. The van der Waals surface area contributed by atoms with E-state index in [1.54, 1.807) is 0 Å². The average Bonchev–Trinajstić information content (AvgIpc) is 3.17. The van der Waals surface area contributed by atoms with Gasteiger partial charge in [0.15, 0.2) is 0 Å². The van der Waals surface area contributed by atoms with Crippen molar-refractivity contribution in [1.29, 1.82) is 0 Å².